The van der Waals surface area contributed by atoms with E-state index in [9.17, 15) is 5.11 Å². The van der Waals surface area contributed by atoms with Crippen LogP contribution in [0.1, 0.15) is 18.4 Å². The van der Waals surface area contributed by atoms with Crippen molar-refractivity contribution in [1.29, 1.82) is 0 Å². The Morgan fingerprint density at radius 1 is 1.35 bits per heavy atom. The average molecular weight is 280 g/mol. The number of nitrogens with zero attached hydrogens (tertiary/aromatic N) is 1. The fourth-order valence-electron chi connectivity index (χ4n) is 2.31. The lowest BCUT2D eigenvalue weighted by Gasteiger charge is -2.24. The third-order valence-electron chi connectivity index (χ3n) is 3.52. The van der Waals surface area contributed by atoms with Crippen LogP contribution in [0, 0.1) is 0 Å². The molecule has 1 unspecified atom stereocenters. The molecule has 0 aliphatic heterocycles. The molecule has 1 fully saturated rings. The second-order valence-electron chi connectivity index (χ2n) is 5.23. The smallest absolute Gasteiger partial charge is 0.123 e. The predicted molar refractivity (Wildman–Crippen MR) is 77.5 cm³/mol. The van der Waals surface area contributed by atoms with Gasteiger partial charge in [0.05, 0.1) is 6.61 Å². The molecule has 0 heterocycles. The number of aliphatic hydroxyl groups excluding tert-OH is 2. The topological polar surface area (TPSA) is 79.0 Å². The van der Waals surface area contributed by atoms with Crippen LogP contribution in [-0.4, -0.2) is 53.6 Å². The maximum absolute atomic E-state index is 10.1. The van der Waals surface area contributed by atoms with E-state index in [1.807, 2.05) is 24.3 Å². The Morgan fingerprint density at radius 2 is 2.10 bits per heavy atom. The monoisotopic (exact) mass is 280 g/mol. The molecule has 5 nitrogen and oxygen atoms in total. The molecule has 1 aromatic rings. The second kappa shape index (κ2) is 7.59. The van der Waals surface area contributed by atoms with Gasteiger partial charge in [0.25, 0.3) is 0 Å². The summed E-state index contributed by atoms with van der Waals surface area (Å²) in [5, 5.41) is 19.1. The van der Waals surface area contributed by atoms with Crippen LogP contribution in [0.2, 0.25) is 0 Å². The molecule has 1 aromatic carbocycles. The molecular weight excluding hydrogens is 256 g/mol. The molecule has 1 aliphatic rings. The Bertz CT molecular complexity index is 410. The van der Waals surface area contributed by atoms with Crippen molar-refractivity contribution in [3.05, 3.63) is 29.8 Å². The summed E-state index contributed by atoms with van der Waals surface area (Å²) in [6.45, 7) is 1.94. The van der Waals surface area contributed by atoms with Crippen LogP contribution in [0.25, 0.3) is 0 Å². The molecule has 4 N–H and O–H groups in total. The summed E-state index contributed by atoms with van der Waals surface area (Å²) in [5.74, 6) is 0.731. The number of para-hydroxylation sites is 1. The van der Waals surface area contributed by atoms with E-state index in [-0.39, 0.29) is 13.2 Å². The molecule has 0 aromatic heterocycles. The third-order valence-corrected chi connectivity index (χ3v) is 3.52. The summed E-state index contributed by atoms with van der Waals surface area (Å²) in [5.41, 5.74) is 6.59. The zero-order valence-electron chi connectivity index (χ0n) is 11.7. The van der Waals surface area contributed by atoms with Gasteiger partial charge < -0.3 is 20.7 Å². The van der Waals surface area contributed by atoms with Crippen LogP contribution in [0.15, 0.2) is 24.3 Å². The molecule has 0 amide bonds. The van der Waals surface area contributed by atoms with Crippen LogP contribution in [0.5, 0.6) is 5.75 Å². The molecule has 1 atom stereocenters. The van der Waals surface area contributed by atoms with Crippen LogP contribution in [-0.2, 0) is 6.54 Å². The zero-order valence-corrected chi connectivity index (χ0v) is 11.7. The molecule has 20 heavy (non-hydrogen) atoms. The minimum Gasteiger partial charge on any atom is -0.491 e. The highest BCUT2D eigenvalue weighted by Gasteiger charge is 2.29. The van der Waals surface area contributed by atoms with Gasteiger partial charge in [-0.2, -0.15) is 0 Å². The number of ether oxygens (including phenoxy) is 1. The molecule has 5 heteroatoms. The van der Waals surface area contributed by atoms with E-state index >= 15 is 0 Å². The summed E-state index contributed by atoms with van der Waals surface area (Å²) in [6.07, 6.45) is 1.75. The number of benzene rings is 1. The van der Waals surface area contributed by atoms with Gasteiger partial charge in [-0.3, -0.25) is 4.90 Å². The molecule has 112 valence electrons. The Hall–Kier alpha value is -1.14. The number of hydrogen-bond acceptors (Lipinski definition) is 5. The van der Waals surface area contributed by atoms with Crippen molar-refractivity contribution >= 4 is 0 Å². The first-order chi connectivity index (χ1) is 9.74. The highest BCUT2D eigenvalue weighted by Crippen LogP contribution is 2.26. The van der Waals surface area contributed by atoms with Gasteiger partial charge in [0.15, 0.2) is 0 Å². The van der Waals surface area contributed by atoms with E-state index in [1.54, 1.807) is 0 Å². The van der Waals surface area contributed by atoms with E-state index in [4.69, 9.17) is 15.6 Å². The van der Waals surface area contributed by atoms with Crippen molar-refractivity contribution in [1.82, 2.24) is 4.90 Å². The van der Waals surface area contributed by atoms with Crippen molar-refractivity contribution in [2.75, 3.05) is 26.3 Å². The van der Waals surface area contributed by atoms with Crippen molar-refractivity contribution in [2.24, 2.45) is 5.73 Å². The molecule has 0 bridgehead atoms. The number of rotatable bonds is 9. The quantitative estimate of drug-likeness (QED) is 0.608. The minimum absolute atomic E-state index is 0.125. The molecule has 0 saturated heterocycles. The van der Waals surface area contributed by atoms with Gasteiger partial charge in [-0.15, -0.1) is 0 Å². The predicted octanol–water partition coefficient (Wildman–Crippen LogP) is 0.342. The lowest BCUT2D eigenvalue weighted by atomic mass is 10.2. The summed E-state index contributed by atoms with van der Waals surface area (Å²) in [7, 11) is 0. The lowest BCUT2D eigenvalue weighted by Crippen LogP contribution is -2.38. The van der Waals surface area contributed by atoms with E-state index in [1.165, 1.54) is 0 Å². The largest absolute Gasteiger partial charge is 0.491 e. The third kappa shape index (κ3) is 4.45. The van der Waals surface area contributed by atoms with E-state index in [2.05, 4.69) is 4.90 Å². The number of hydrogen-bond donors (Lipinski definition) is 3. The standard InChI is InChI=1S/C15H24N2O3/c16-9-12-3-1-2-4-15(12)20-11-14(19)10-17(7-8-18)13-5-6-13/h1-4,13-14,18-19H,5-11,16H2. The summed E-state index contributed by atoms with van der Waals surface area (Å²) >= 11 is 0. The Kier molecular flexibility index (Phi) is 5.79. The Balaban J connectivity index is 1.80. The Morgan fingerprint density at radius 3 is 2.75 bits per heavy atom. The first kappa shape index (κ1) is 15.3. The fraction of sp³-hybridized carbons (Fsp3) is 0.600. The molecule has 1 aliphatic carbocycles. The van der Waals surface area contributed by atoms with Crippen molar-refractivity contribution in [3.8, 4) is 5.75 Å². The van der Waals surface area contributed by atoms with Gasteiger partial charge in [-0.25, -0.2) is 0 Å². The molecule has 0 spiro atoms. The van der Waals surface area contributed by atoms with Crippen molar-refractivity contribution in [3.63, 3.8) is 0 Å². The van der Waals surface area contributed by atoms with Crippen LogP contribution >= 0.6 is 0 Å². The fourth-order valence-corrected chi connectivity index (χ4v) is 2.31. The summed E-state index contributed by atoms with van der Waals surface area (Å²) < 4.78 is 5.65. The van der Waals surface area contributed by atoms with E-state index in [0.717, 1.165) is 24.2 Å². The highest BCUT2D eigenvalue weighted by atomic mass is 16.5. The maximum Gasteiger partial charge on any atom is 0.123 e. The van der Waals surface area contributed by atoms with Gasteiger partial charge >= 0.3 is 0 Å². The first-order valence-corrected chi connectivity index (χ1v) is 7.18. The second-order valence-corrected chi connectivity index (χ2v) is 5.23. The van der Waals surface area contributed by atoms with Gasteiger partial charge in [0.2, 0.25) is 0 Å². The maximum atomic E-state index is 10.1. The zero-order chi connectivity index (χ0) is 14.4. The number of aliphatic hydroxyl groups is 2. The summed E-state index contributed by atoms with van der Waals surface area (Å²) in [6, 6.07) is 8.11. The van der Waals surface area contributed by atoms with E-state index in [0.29, 0.717) is 25.7 Å². The van der Waals surface area contributed by atoms with Crippen LogP contribution < -0.4 is 10.5 Å². The van der Waals surface area contributed by atoms with Gasteiger partial charge in [0, 0.05) is 31.2 Å². The van der Waals surface area contributed by atoms with Crippen LogP contribution in [0.3, 0.4) is 0 Å². The first-order valence-electron chi connectivity index (χ1n) is 7.18. The van der Waals surface area contributed by atoms with Gasteiger partial charge in [-0.1, -0.05) is 18.2 Å². The SMILES string of the molecule is NCc1ccccc1OCC(O)CN(CCO)C1CC1. The van der Waals surface area contributed by atoms with Crippen molar-refractivity contribution in [2.45, 2.75) is 31.5 Å². The molecule has 2 rings (SSSR count). The van der Waals surface area contributed by atoms with Crippen molar-refractivity contribution < 1.29 is 14.9 Å². The molecule has 1 saturated carbocycles. The average Bonchev–Trinajstić information content (AvgIpc) is 3.29. The minimum atomic E-state index is -0.562. The Labute approximate surface area is 120 Å². The highest BCUT2D eigenvalue weighted by molar-refractivity contribution is 5.32. The normalized spacial score (nSPS) is 16.4. The molecular formula is C15H24N2O3. The summed E-state index contributed by atoms with van der Waals surface area (Å²) in [4.78, 5) is 2.13. The number of nitrogens with two attached hydrogens (primary N) is 1. The van der Waals surface area contributed by atoms with E-state index < -0.39 is 6.10 Å². The lowest BCUT2D eigenvalue weighted by molar-refractivity contribution is 0.0585. The van der Waals surface area contributed by atoms with Gasteiger partial charge in [-0.05, 0) is 18.9 Å². The molecule has 0 radical (unpaired) electrons. The van der Waals surface area contributed by atoms with Gasteiger partial charge in [0.1, 0.15) is 18.5 Å². The van der Waals surface area contributed by atoms with Crippen LogP contribution in [0.4, 0.5) is 0 Å².